The maximum absolute atomic E-state index is 5.26. The van der Waals surface area contributed by atoms with Gasteiger partial charge in [0.2, 0.25) is 0 Å². The first kappa shape index (κ1) is 12.9. The fourth-order valence-corrected chi connectivity index (χ4v) is 2.43. The monoisotopic (exact) mass is 214 g/mol. The molecule has 0 aliphatic carbocycles. The second kappa shape index (κ2) is 5.28. The summed E-state index contributed by atoms with van der Waals surface area (Å²) >= 11 is 0. The van der Waals surface area contributed by atoms with Crippen LogP contribution in [-0.2, 0) is 4.74 Å². The molecule has 0 aromatic carbocycles. The molecule has 0 aromatic rings. The molecule has 90 valence electrons. The SMILES string of the molecule is CCC1CN(C(C)COC)C(C)(C)CN1. The largest absolute Gasteiger partial charge is 0.383 e. The fraction of sp³-hybridized carbons (Fsp3) is 1.00. The van der Waals surface area contributed by atoms with Crippen LogP contribution >= 0.6 is 0 Å². The molecule has 0 aromatic heterocycles. The molecular weight excluding hydrogens is 188 g/mol. The third-order valence-corrected chi connectivity index (χ3v) is 3.45. The average molecular weight is 214 g/mol. The van der Waals surface area contributed by atoms with Gasteiger partial charge >= 0.3 is 0 Å². The van der Waals surface area contributed by atoms with Crippen LogP contribution in [0, 0.1) is 0 Å². The van der Waals surface area contributed by atoms with E-state index in [-0.39, 0.29) is 5.54 Å². The number of nitrogens with one attached hydrogen (secondary N) is 1. The topological polar surface area (TPSA) is 24.5 Å². The molecule has 15 heavy (non-hydrogen) atoms. The average Bonchev–Trinajstić information content (AvgIpc) is 2.17. The Labute approximate surface area is 94.2 Å². The molecule has 1 rings (SSSR count). The van der Waals surface area contributed by atoms with Crippen LogP contribution in [-0.4, -0.2) is 49.3 Å². The highest BCUT2D eigenvalue weighted by atomic mass is 16.5. The molecule has 3 heteroatoms. The summed E-state index contributed by atoms with van der Waals surface area (Å²) < 4.78 is 5.26. The minimum absolute atomic E-state index is 0.240. The van der Waals surface area contributed by atoms with Crippen molar-refractivity contribution in [2.45, 2.75) is 51.7 Å². The van der Waals surface area contributed by atoms with Crippen molar-refractivity contribution < 1.29 is 4.74 Å². The van der Waals surface area contributed by atoms with E-state index in [0.29, 0.717) is 12.1 Å². The molecule has 0 bridgehead atoms. The standard InChI is InChI=1S/C12H26N2O/c1-6-11-7-14(10(2)8-15-5)12(3,4)9-13-11/h10-11,13H,6-9H2,1-5H3. The predicted molar refractivity (Wildman–Crippen MR) is 64.2 cm³/mol. The lowest BCUT2D eigenvalue weighted by Gasteiger charge is -2.49. The highest BCUT2D eigenvalue weighted by Crippen LogP contribution is 2.22. The van der Waals surface area contributed by atoms with Crippen molar-refractivity contribution in [3.63, 3.8) is 0 Å². The van der Waals surface area contributed by atoms with Crippen LogP contribution in [0.1, 0.15) is 34.1 Å². The number of rotatable bonds is 4. The maximum atomic E-state index is 5.26. The Bertz CT molecular complexity index is 194. The van der Waals surface area contributed by atoms with E-state index in [4.69, 9.17) is 4.74 Å². The van der Waals surface area contributed by atoms with E-state index in [1.165, 1.54) is 6.42 Å². The van der Waals surface area contributed by atoms with Gasteiger partial charge in [0, 0.05) is 37.8 Å². The van der Waals surface area contributed by atoms with Gasteiger partial charge in [-0.15, -0.1) is 0 Å². The van der Waals surface area contributed by atoms with E-state index in [2.05, 4.69) is 37.9 Å². The van der Waals surface area contributed by atoms with E-state index in [1.54, 1.807) is 7.11 Å². The summed E-state index contributed by atoms with van der Waals surface area (Å²) in [4.78, 5) is 2.57. The molecule has 0 radical (unpaired) electrons. The van der Waals surface area contributed by atoms with Gasteiger partial charge in [0.15, 0.2) is 0 Å². The van der Waals surface area contributed by atoms with Crippen molar-refractivity contribution >= 4 is 0 Å². The van der Waals surface area contributed by atoms with Crippen LogP contribution in [0.3, 0.4) is 0 Å². The van der Waals surface area contributed by atoms with Crippen LogP contribution in [0.4, 0.5) is 0 Å². The molecule has 0 spiro atoms. The normalized spacial score (nSPS) is 29.0. The lowest BCUT2D eigenvalue weighted by Crippen LogP contribution is -2.64. The molecule has 0 amide bonds. The van der Waals surface area contributed by atoms with Crippen LogP contribution in [0.15, 0.2) is 0 Å². The van der Waals surface area contributed by atoms with Gasteiger partial charge in [0.05, 0.1) is 6.61 Å². The third kappa shape index (κ3) is 3.16. The summed E-state index contributed by atoms with van der Waals surface area (Å²) in [5.74, 6) is 0. The van der Waals surface area contributed by atoms with Crippen LogP contribution in [0.5, 0.6) is 0 Å². The summed E-state index contributed by atoms with van der Waals surface area (Å²) in [5.41, 5.74) is 0.240. The van der Waals surface area contributed by atoms with Gasteiger partial charge in [0.25, 0.3) is 0 Å². The summed E-state index contributed by atoms with van der Waals surface area (Å²) in [6.45, 7) is 12.1. The Balaban J connectivity index is 2.63. The van der Waals surface area contributed by atoms with E-state index in [0.717, 1.165) is 19.7 Å². The number of piperazine rings is 1. The molecule has 1 heterocycles. The zero-order valence-corrected chi connectivity index (χ0v) is 10.8. The van der Waals surface area contributed by atoms with Crippen LogP contribution in [0.25, 0.3) is 0 Å². The molecule has 2 atom stereocenters. The minimum Gasteiger partial charge on any atom is -0.383 e. The number of hydrogen-bond acceptors (Lipinski definition) is 3. The first-order chi connectivity index (χ1) is 7.01. The van der Waals surface area contributed by atoms with E-state index < -0.39 is 0 Å². The van der Waals surface area contributed by atoms with Gasteiger partial charge in [-0.2, -0.15) is 0 Å². The third-order valence-electron chi connectivity index (χ3n) is 3.45. The summed E-state index contributed by atoms with van der Waals surface area (Å²) in [5, 5.41) is 3.60. The van der Waals surface area contributed by atoms with Crippen molar-refractivity contribution in [3.05, 3.63) is 0 Å². The summed E-state index contributed by atoms with van der Waals surface area (Å²) in [6.07, 6.45) is 1.20. The summed E-state index contributed by atoms with van der Waals surface area (Å²) in [7, 11) is 1.78. The zero-order chi connectivity index (χ0) is 11.5. The van der Waals surface area contributed by atoms with Gasteiger partial charge in [0.1, 0.15) is 0 Å². The quantitative estimate of drug-likeness (QED) is 0.767. The molecule has 2 unspecified atom stereocenters. The lowest BCUT2D eigenvalue weighted by molar-refractivity contribution is -0.000469. The highest BCUT2D eigenvalue weighted by molar-refractivity contribution is 4.94. The molecule has 1 saturated heterocycles. The second-order valence-electron chi connectivity index (χ2n) is 5.26. The van der Waals surface area contributed by atoms with E-state index >= 15 is 0 Å². The number of hydrogen-bond donors (Lipinski definition) is 1. The van der Waals surface area contributed by atoms with Crippen molar-refractivity contribution in [3.8, 4) is 0 Å². The van der Waals surface area contributed by atoms with Gasteiger partial charge in [-0.05, 0) is 27.2 Å². The number of ether oxygens (including phenoxy) is 1. The number of nitrogens with zero attached hydrogens (tertiary/aromatic N) is 1. The Kier molecular flexibility index (Phi) is 4.56. The van der Waals surface area contributed by atoms with Crippen molar-refractivity contribution in [2.75, 3.05) is 26.8 Å². The smallest absolute Gasteiger partial charge is 0.0615 e. The second-order valence-corrected chi connectivity index (χ2v) is 5.26. The molecule has 1 aliphatic rings. The van der Waals surface area contributed by atoms with Gasteiger partial charge in [-0.1, -0.05) is 6.92 Å². The Hall–Kier alpha value is -0.120. The van der Waals surface area contributed by atoms with Crippen LogP contribution in [0.2, 0.25) is 0 Å². The zero-order valence-electron chi connectivity index (χ0n) is 10.8. The van der Waals surface area contributed by atoms with E-state index in [9.17, 15) is 0 Å². The molecule has 1 N–H and O–H groups in total. The molecular formula is C12H26N2O. The van der Waals surface area contributed by atoms with Gasteiger partial charge < -0.3 is 10.1 Å². The molecule has 3 nitrogen and oxygen atoms in total. The van der Waals surface area contributed by atoms with Gasteiger partial charge in [-0.25, -0.2) is 0 Å². The van der Waals surface area contributed by atoms with Crippen molar-refractivity contribution in [1.82, 2.24) is 10.2 Å². The van der Waals surface area contributed by atoms with Crippen LogP contribution < -0.4 is 5.32 Å². The first-order valence-corrected chi connectivity index (χ1v) is 6.00. The Morgan fingerprint density at radius 3 is 2.73 bits per heavy atom. The van der Waals surface area contributed by atoms with Crippen molar-refractivity contribution in [2.24, 2.45) is 0 Å². The maximum Gasteiger partial charge on any atom is 0.0615 e. The van der Waals surface area contributed by atoms with E-state index in [1.807, 2.05) is 0 Å². The molecule has 0 saturated carbocycles. The molecule has 1 fully saturated rings. The summed E-state index contributed by atoms with van der Waals surface area (Å²) in [6, 6.07) is 1.14. The Morgan fingerprint density at radius 1 is 1.53 bits per heavy atom. The lowest BCUT2D eigenvalue weighted by atomic mass is 9.94. The number of methoxy groups -OCH3 is 1. The van der Waals surface area contributed by atoms with Gasteiger partial charge in [-0.3, -0.25) is 4.90 Å². The molecule has 1 aliphatic heterocycles. The van der Waals surface area contributed by atoms with Crippen molar-refractivity contribution in [1.29, 1.82) is 0 Å². The minimum atomic E-state index is 0.240. The first-order valence-electron chi connectivity index (χ1n) is 6.00. The Morgan fingerprint density at radius 2 is 2.20 bits per heavy atom. The fourth-order valence-electron chi connectivity index (χ4n) is 2.43. The highest BCUT2D eigenvalue weighted by Gasteiger charge is 2.35. The predicted octanol–water partition coefficient (Wildman–Crippen LogP) is 1.48.